The Morgan fingerprint density at radius 1 is 1.39 bits per heavy atom. The van der Waals surface area contributed by atoms with Gasteiger partial charge < -0.3 is 10.4 Å². The van der Waals surface area contributed by atoms with Gasteiger partial charge >= 0.3 is 5.97 Å². The molecule has 2 rings (SSSR count). The first kappa shape index (κ1) is 16.5. The minimum Gasteiger partial charge on any atom is -0.480 e. The van der Waals surface area contributed by atoms with Crippen LogP contribution < -0.4 is 5.32 Å². The van der Waals surface area contributed by atoms with Crippen LogP contribution in [0.15, 0.2) is 30.5 Å². The number of carbonyl (C=O) groups is 2. The lowest BCUT2D eigenvalue weighted by Crippen LogP contribution is -2.42. The Kier molecular flexibility index (Phi) is 4.99. The molecular weight excluding hydrogens is 310 g/mol. The monoisotopic (exact) mass is 324 g/mol. The Bertz CT molecular complexity index is 718. The van der Waals surface area contributed by atoms with Crippen molar-refractivity contribution in [2.24, 2.45) is 0 Å². The van der Waals surface area contributed by atoms with Crippen LogP contribution in [0.3, 0.4) is 0 Å². The maximum Gasteiger partial charge on any atom is 0.326 e. The van der Waals surface area contributed by atoms with Gasteiger partial charge in [0.2, 0.25) is 6.43 Å². The summed E-state index contributed by atoms with van der Waals surface area (Å²) in [5.74, 6) is -2.42. The predicted molar refractivity (Wildman–Crippen MR) is 75.6 cm³/mol. The molecule has 0 fully saturated rings. The van der Waals surface area contributed by atoms with Crippen LogP contribution in [0.2, 0.25) is 0 Å². The average molecular weight is 324 g/mol. The van der Waals surface area contributed by atoms with Crippen molar-refractivity contribution in [2.75, 3.05) is 0 Å². The second-order valence-corrected chi connectivity index (χ2v) is 4.88. The maximum absolute atomic E-state index is 12.3. The van der Waals surface area contributed by atoms with Gasteiger partial charge in [-0.05, 0) is 24.6 Å². The molecule has 0 saturated heterocycles. The van der Waals surface area contributed by atoms with Gasteiger partial charge in [0.1, 0.15) is 6.04 Å². The van der Waals surface area contributed by atoms with Crippen LogP contribution in [0, 0.1) is 6.92 Å². The number of halogens is 2. The van der Waals surface area contributed by atoms with E-state index in [0.29, 0.717) is 5.69 Å². The third-order valence-electron chi connectivity index (χ3n) is 3.01. The molecule has 0 aliphatic carbocycles. The summed E-state index contributed by atoms with van der Waals surface area (Å²) in [7, 11) is 0. The van der Waals surface area contributed by atoms with Crippen molar-refractivity contribution in [3.8, 4) is 5.69 Å². The number of aromatic nitrogens is 3. The van der Waals surface area contributed by atoms with E-state index in [0.717, 1.165) is 5.56 Å². The second-order valence-electron chi connectivity index (χ2n) is 4.88. The van der Waals surface area contributed by atoms with Crippen molar-refractivity contribution in [1.82, 2.24) is 20.3 Å². The quantitative estimate of drug-likeness (QED) is 0.837. The van der Waals surface area contributed by atoms with Crippen LogP contribution in [0.1, 0.15) is 22.5 Å². The fraction of sp³-hybridized carbons (Fsp3) is 0.286. The number of nitrogens with zero attached hydrogens (tertiary/aromatic N) is 3. The molecule has 23 heavy (non-hydrogen) atoms. The number of hydrogen-bond donors (Lipinski definition) is 2. The third kappa shape index (κ3) is 4.31. The highest BCUT2D eigenvalue weighted by atomic mass is 19.3. The number of aryl methyl sites for hydroxylation is 1. The highest BCUT2D eigenvalue weighted by Gasteiger charge is 2.25. The van der Waals surface area contributed by atoms with E-state index in [1.807, 2.05) is 24.4 Å². The number of carboxylic acids is 1. The van der Waals surface area contributed by atoms with Crippen LogP contribution in [-0.2, 0) is 4.79 Å². The van der Waals surface area contributed by atoms with E-state index in [4.69, 9.17) is 5.11 Å². The lowest BCUT2D eigenvalue weighted by atomic mass is 10.2. The fourth-order valence-electron chi connectivity index (χ4n) is 1.90. The summed E-state index contributed by atoms with van der Waals surface area (Å²) in [4.78, 5) is 22.8. The van der Waals surface area contributed by atoms with Crippen molar-refractivity contribution >= 4 is 11.9 Å². The number of amides is 1. The number of rotatable bonds is 6. The Morgan fingerprint density at radius 2 is 2.13 bits per heavy atom. The van der Waals surface area contributed by atoms with E-state index >= 15 is 0 Å². The minimum absolute atomic E-state index is 0.160. The number of carbonyl (C=O) groups excluding carboxylic acids is 1. The van der Waals surface area contributed by atoms with Crippen molar-refractivity contribution in [3.63, 3.8) is 0 Å². The summed E-state index contributed by atoms with van der Waals surface area (Å²) in [5, 5.41) is 18.3. The normalized spacial score (nSPS) is 12.2. The Morgan fingerprint density at radius 3 is 2.74 bits per heavy atom. The molecule has 0 aliphatic heterocycles. The van der Waals surface area contributed by atoms with Crippen molar-refractivity contribution in [3.05, 3.63) is 41.7 Å². The molecule has 7 nitrogen and oxygen atoms in total. The van der Waals surface area contributed by atoms with Crippen LogP contribution in [0.4, 0.5) is 8.78 Å². The Labute approximate surface area is 129 Å². The molecule has 0 bridgehead atoms. The van der Waals surface area contributed by atoms with Crippen molar-refractivity contribution in [2.45, 2.75) is 25.8 Å². The minimum atomic E-state index is -2.85. The van der Waals surface area contributed by atoms with E-state index in [9.17, 15) is 18.4 Å². The number of benzene rings is 1. The zero-order chi connectivity index (χ0) is 17.0. The topological polar surface area (TPSA) is 97.1 Å². The molecule has 0 spiro atoms. The molecular formula is C14H14F2N4O3. The Balaban J connectivity index is 2.13. The van der Waals surface area contributed by atoms with E-state index in [-0.39, 0.29) is 5.69 Å². The number of carboxylic acid groups (broad SMARTS) is 1. The molecule has 1 amide bonds. The summed E-state index contributed by atoms with van der Waals surface area (Å²) in [6, 6.07) is 5.56. The van der Waals surface area contributed by atoms with Crippen LogP contribution in [-0.4, -0.2) is 44.4 Å². The van der Waals surface area contributed by atoms with Gasteiger partial charge in [0.15, 0.2) is 5.69 Å². The first-order valence-electron chi connectivity index (χ1n) is 6.68. The number of alkyl halides is 2. The smallest absolute Gasteiger partial charge is 0.326 e. The zero-order valence-corrected chi connectivity index (χ0v) is 12.1. The van der Waals surface area contributed by atoms with Crippen molar-refractivity contribution in [1.29, 1.82) is 0 Å². The molecule has 1 heterocycles. The number of nitrogens with one attached hydrogen (secondary N) is 1. The maximum atomic E-state index is 12.3. The summed E-state index contributed by atoms with van der Waals surface area (Å²) in [6.07, 6.45) is -2.53. The van der Waals surface area contributed by atoms with Gasteiger partial charge in [-0.1, -0.05) is 17.3 Å². The van der Waals surface area contributed by atoms with E-state index in [1.54, 1.807) is 12.1 Å². The lowest BCUT2D eigenvalue weighted by molar-refractivity contribution is -0.140. The standard InChI is InChI=1S/C14H14F2N4O3/c1-8-3-2-4-9(5-8)20-7-11(18-19-20)13(21)17-10(14(22)23)6-12(15)16/h2-5,7,10,12H,6H2,1H3,(H,17,21)(H,22,23). The van der Waals surface area contributed by atoms with Gasteiger partial charge in [-0.2, -0.15) is 0 Å². The molecule has 9 heteroatoms. The van der Waals surface area contributed by atoms with Crippen LogP contribution in [0.5, 0.6) is 0 Å². The fourth-order valence-corrected chi connectivity index (χ4v) is 1.90. The summed E-state index contributed by atoms with van der Waals surface area (Å²) in [6.45, 7) is 1.88. The third-order valence-corrected chi connectivity index (χ3v) is 3.01. The zero-order valence-electron chi connectivity index (χ0n) is 12.1. The van der Waals surface area contributed by atoms with E-state index < -0.39 is 30.8 Å². The highest BCUT2D eigenvalue weighted by molar-refractivity contribution is 5.94. The molecule has 1 atom stereocenters. The Hall–Kier alpha value is -2.84. The summed E-state index contributed by atoms with van der Waals surface area (Å²) >= 11 is 0. The molecule has 122 valence electrons. The second kappa shape index (κ2) is 6.95. The first-order chi connectivity index (χ1) is 10.9. The lowest BCUT2D eigenvalue weighted by Gasteiger charge is -2.12. The van der Waals surface area contributed by atoms with E-state index in [2.05, 4.69) is 10.3 Å². The molecule has 0 saturated carbocycles. The number of hydrogen-bond acceptors (Lipinski definition) is 4. The molecule has 1 aromatic heterocycles. The van der Waals surface area contributed by atoms with Gasteiger partial charge in [0.05, 0.1) is 11.9 Å². The largest absolute Gasteiger partial charge is 0.480 e. The molecule has 0 aliphatic rings. The van der Waals surface area contributed by atoms with Gasteiger partial charge in [-0.3, -0.25) is 4.79 Å². The average Bonchev–Trinajstić information content (AvgIpc) is 2.95. The number of aliphatic carboxylic acids is 1. The van der Waals surface area contributed by atoms with Gasteiger partial charge in [0, 0.05) is 6.42 Å². The molecule has 0 radical (unpaired) electrons. The summed E-state index contributed by atoms with van der Waals surface area (Å²) in [5.41, 5.74) is 1.48. The highest BCUT2D eigenvalue weighted by Crippen LogP contribution is 2.10. The molecule has 1 unspecified atom stereocenters. The van der Waals surface area contributed by atoms with Gasteiger partial charge in [-0.25, -0.2) is 18.3 Å². The molecule has 2 aromatic rings. The van der Waals surface area contributed by atoms with Crippen LogP contribution in [0.25, 0.3) is 5.69 Å². The van der Waals surface area contributed by atoms with Gasteiger partial charge in [0.25, 0.3) is 5.91 Å². The van der Waals surface area contributed by atoms with E-state index in [1.165, 1.54) is 10.9 Å². The van der Waals surface area contributed by atoms with Gasteiger partial charge in [-0.15, -0.1) is 5.10 Å². The molecule has 1 aromatic carbocycles. The van der Waals surface area contributed by atoms with Crippen molar-refractivity contribution < 1.29 is 23.5 Å². The SMILES string of the molecule is Cc1cccc(-n2cc(C(=O)NC(CC(F)F)C(=O)O)nn2)c1. The predicted octanol–water partition coefficient (Wildman–Crippen LogP) is 1.41. The van der Waals surface area contributed by atoms with Crippen LogP contribution >= 0.6 is 0 Å². The molecule has 2 N–H and O–H groups in total. The first-order valence-corrected chi connectivity index (χ1v) is 6.68. The summed E-state index contributed by atoms with van der Waals surface area (Å²) < 4.78 is 26.0.